The summed E-state index contributed by atoms with van der Waals surface area (Å²) in [7, 11) is 1.72. The van der Waals surface area contributed by atoms with E-state index in [9.17, 15) is 9.32 Å². The zero-order chi connectivity index (χ0) is 13.4. The Bertz CT molecular complexity index is 330. The van der Waals surface area contributed by atoms with E-state index in [1.807, 2.05) is 0 Å². The fraction of sp³-hybridized carbons (Fsp3) is 0.500. The lowest BCUT2D eigenvalue weighted by Crippen LogP contribution is -2.22. The first kappa shape index (κ1) is 15.1. The van der Waals surface area contributed by atoms with Gasteiger partial charge in [0.25, 0.3) is 0 Å². The molecule has 6 nitrogen and oxygen atoms in total. The van der Waals surface area contributed by atoms with Gasteiger partial charge in [-0.3, -0.25) is 4.94 Å². The van der Waals surface area contributed by atoms with Gasteiger partial charge in [0, 0.05) is 18.1 Å². The van der Waals surface area contributed by atoms with Gasteiger partial charge < -0.3 is 10.6 Å². The second-order valence-corrected chi connectivity index (χ2v) is 3.62. The number of nitrogens with zero attached hydrogens (tertiary/aromatic N) is 3. The zero-order valence-corrected chi connectivity index (χ0v) is 10.0. The fourth-order valence-corrected chi connectivity index (χ4v) is 0.909. The molecule has 0 heterocycles. The minimum absolute atomic E-state index is 0.0777. The summed E-state index contributed by atoms with van der Waals surface area (Å²) >= 11 is 0. The maximum absolute atomic E-state index is 11.6. The van der Waals surface area contributed by atoms with Gasteiger partial charge in [-0.2, -0.15) is 0 Å². The molecule has 17 heavy (non-hydrogen) atoms. The summed E-state index contributed by atoms with van der Waals surface area (Å²) in [4.78, 5) is 15.6. The quantitative estimate of drug-likeness (QED) is 0.691. The molecular formula is C10H17FN4O2. The molecule has 0 radical (unpaired) electrons. The van der Waals surface area contributed by atoms with Crippen molar-refractivity contribution < 1.29 is 14.3 Å². The number of hydrogen-bond acceptors (Lipinski definition) is 6. The lowest BCUT2D eigenvalue weighted by molar-refractivity contribution is -0.188. The number of nitrogens with two attached hydrogens (primary N) is 1. The summed E-state index contributed by atoms with van der Waals surface area (Å²) in [5, 5.41) is 7.25. The van der Waals surface area contributed by atoms with E-state index in [0.29, 0.717) is 18.8 Å². The SMILES string of the molecule is C=C(N)/N=N\C(=C)N(C)CCC(C)C(=O)OF. The summed E-state index contributed by atoms with van der Waals surface area (Å²) in [5.41, 5.74) is 5.20. The predicted molar refractivity (Wildman–Crippen MR) is 60.9 cm³/mol. The summed E-state index contributed by atoms with van der Waals surface area (Å²) in [6, 6.07) is 0. The van der Waals surface area contributed by atoms with Gasteiger partial charge in [0.1, 0.15) is 11.6 Å². The first-order valence-corrected chi connectivity index (χ1v) is 4.97. The Kier molecular flexibility index (Phi) is 6.54. The van der Waals surface area contributed by atoms with Crippen LogP contribution in [0.4, 0.5) is 4.53 Å². The summed E-state index contributed by atoms with van der Waals surface area (Å²) in [6.07, 6.45) is 0.414. The molecule has 1 unspecified atom stereocenters. The highest BCUT2D eigenvalue weighted by Crippen LogP contribution is 2.09. The normalized spacial score (nSPS) is 12.2. The molecule has 0 amide bonds. The molecule has 7 heteroatoms. The summed E-state index contributed by atoms with van der Waals surface area (Å²) in [5.74, 6) is -0.969. The van der Waals surface area contributed by atoms with Crippen molar-refractivity contribution in [1.82, 2.24) is 4.90 Å². The van der Waals surface area contributed by atoms with E-state index < -0.39 is 11.9 Å². The van der Waals surface area contributed by atoms with Gasteiger partial charge in [-0.05, 0) is 6.42 Å². The third kappa shape index (κ3) is 6.29. The first-order valence-electron chi connectivity index (χ1n) is 4.97. The minimum Gasteiger partial charge on any atom is -0.383 e. The topological polar surface area (TPSA) is 80.3 Å². The Hall–Kier alpha value is -1.92. The monoisotopic (exact) mass is 244 g/mol. The molecule has 0 bridgehead atoms. The molecular weight excluding hydrogens is 227 g/mol. The molecule has 0 aromatic heterocycles. The minimum atomic E-state index is -0.888. The largest absolute Gasteiger partial charge is 0.383 e. The van der Waals surface area contributed by atoms with E-state index >= 15 is 0 Å². The Labute approximate surface area is 99.5 Å². The Morgan fingerprint density at radius 1 is 1.53 bits per heavy atom. The van der Waals surface area contributed by atoms with E-state index in [1.54, 1.807) is 18.9 Å². The molecule has 0 fully saturated rings. The van der Waals surface area contributed by atoms with E-state index in [1.165, 1.54) is 0 Å². The highest BCUT2D eigenvalue weighted by Gasteiger charge is 2.16. The van der Waals surface area contributed by atoms with Gasteiger partial charge in [-0.15, -0.1) is 10.2 Å². The average Bonchev–Trinajstić information content (AvgIpc) is 2.31. The van der Waals surface area contributed by atoms with Crippen molar-refractivity contribution in [3.8, 4) is 0 Å². The van der Waals surface area contributed by atoms with Gasteiger partial charge in [-0.25, -0.2) is 4.79 Å². The standard InChI is InChI=1S/C10H17FN4O2/c1-7(10(16)17-11)5-6-15(4)9(3)14-13-8(2)12/h7H,2-3,5-6,12H2,1,4H3/b14-13-. The van der Waals surface area contributed by atoms with E-state index in [0.717, 1.165) is 0 Å². The van der Waals surface area contributed by atoms with Crippen molar-refractivity contribution in [2.45, 2.75) is 13.3 Å². The highest BCUT2D eigenvalue weighted by molar-refractivity contribution is 5.71. The molecule has 1 atom stereocenters. The molecule has 0 saturated carbocycles. The fourth-order valence-electron chi connectivity index (χ4n) is 0.909. The average molecular weight is 244 g/mol. The summed E-state index contributed by atoms with van der Waals surface area (Å²) < 4.78 is 11.6. The maximum Gasteiger partial charge on any atom is 0.351 e. The zero-order valence-electron chi connectivity index (χ0n) is 10.0. The van der Waals surface area contributed by atoms with Gasteiger partial charge in [0.05, 0.1) is 5.92 Å². The van der Waals surface area contributed by atoms with Crippen LogP contribution in [0, 0.1) is 5.92 Å². The number of azo groups is 1. The van der Waals surface area contributed by atoms with E-state index in [2.05, 4.69) is 28.3 Å². The van der Waals surface area contributed by atoms with Crippen LogP contribution in [0.15, 0.2) is 35.0 Å². The van der Waals surface area contributed by atoms with Crippen LogP contribution in [0.3, 0.4) is 0 Å². The van der Waals surface area contributed by atoms with Gasteiger partial charge in [0.2, 0.25) is 0 Å². The molecule has 0 aromatic rings. The third-order valence-corrected chi connectivity index (χ3v) is 2.11. The van der Waals surface area contributed by atoms with Crippen molar-refractivity contribution in [2.24, 2.45) is 21.9 Å². The second-order valence-electron chi connectivity index (χ2n) is 3.62. The third-order valence-electron chi connectivity index (χ3n) is 2.11. The van der Waals surface area contributed by atoms with Crippen LogP contribution in [0.2, 0.25) is 0 Å². The Morgan fingerprint density at radius 3 is 2.59 bits per heavy atom. The lowest BCUT2D eigenvalue weighted by atomic mass is 10.1. The molecule has 0 aliphatic carbocycles. The van der Waals surface area contributed by atoms with Crippen molar-refractivity contribution in [3.63, 3.8) is 0 Å². The van der Waals surface area contributed by atoms with E-state index in [-0.39, 0.29) is 5.82 Å². The Morgan fingerprint density at radius 2 is 2.12 bits per heavy atom. The number of halogens is 1. The van der Waals surface area contributed by atoms with Crippen LogP contribution in [0.25, 0.3) is 0 Å². The van der Waals surface area contributed by atoms with E-state index in [4.69, 9.17) is 5.73 Å². The lowest BCUT2D eigenvalue weighted by Gasteiger charge is -2.18. The Balaban J connectivity index is 4.09. The molecule has 96 valence electrons. The molecule has 0 aliphatic heterocycles. The number of hydrogen-bond donors (Lipinski definition) is 1. The van der Waals surface area contributed by atoms with Crippen LogP contribution in [-0.4, -0.2) is 24.5 Å². The molecule has 2 N–H and O–H groups in total. The predicted octanol–water partition coefficient (Wildman–Crippen LogP) is 1.73. The van der Waals surface area contributed by atoms with Crippen molar-refractivity contribution in [1.29, 1.82) is 0 Å². The molecule has 0 saturated heterocycles. The van der Waals surface area contributed by atoms with Crippen LogP contribution in [0.5, 0.6) is 0 Å². The van der Waals surface area contributed by atoms with Crippen molar-refractivity contribution in [3.05, 3.63) is 24.8 Å². The molecule has 0 aliphatic rings. The molecule has 0 spiro atoms. The van der Waals surface area contributed by atoms with Crippen molar-refractivity contribution >= 4 is 5.97 Å². The van der Waals surface area contributed by atoms with Crippen LogP contribution in [-0.2, 0) is 9.74 Å². The van der Waals surface area contributed by atoms with Crippen LogP contribution in [0.1, 0.15) is 13.3 Å². The highest BCUT2D eigenvalue weighted by atomic mass is 19.3. The maximum atomic E-state index is 11.6. The van der Waals surface area contributed by atoms with Gasteiger partial charge >= 0.3 is 5.97 Å². The number of carbonyl (C=O) groups is 1. The van der Waals surface area contributed by atoms with Gasteiger partial charge in [-0.1, -0.05) is 20.1 Å². The second kappa shape index (κ2) is 7.37. The van der Waals surface area contributed by atoms with Crippen LogP contribution < -0.4 is 5.73 Å². The molecule has 0 rings (SSSR count). The van der Waals surface area contributed by atoms with Crippen LogP contribution >= 0.6 is 0 Å². The first-order chi connectivity index (χ1) is 7.88. The summed E-state index contributed by atoms with van der Waals surface area (Å²) in [6.45, 7) is 9.03. The molecule has 0 aromatic carbocycles. The number of rotatable bonds is 7. The smallest absolute Gasteiger partial charge is 0.351 e. The van der Waals surface area contributed by atoms with Gasteiger partial charge in [0.15, 0.2) is 0 Å². The van der Waals surface area contributed by atoms with Crippen molar-refractivity contribution in [2.75, 3.05) is 13.6 Å². The number of carbonyl (C=O) groups excluding carboxylic acids is 1.